The second kappa shape index (κ2) is 9.16. The van der Waals surface area contributed by atoms with Gasteiger partial charge in [-0.15, -0.1) is 0 Å². The standard InChI is InChI=1S/C26H26ClN5O2/c1-4-21-30-24-22(26(33)31(21)13-8-14-34-5-2)23-25(29-20-10-7-6-9-19(20)28-23)32(24)17-12-11-16(3)18(27)15-17/h6-7,9-12,15H,4-5,8,13-14H2,1-3H3. The molecule has 0 fully saturated rings. The molecule has 34 heavy (non-hydrogen) atoms. The second-order valence-electron chi connectivity index (χ2n) is 8.24. The van der Waals surface area contributed by atoms with Gasteiger partial charge in [-0.2, -0.15) is 0 Å². The molecule has 0 aliphatic carbocycles. The molecule has 0 unspecified atom stereocenters. The molecule has 2 aromatic carbocycles. The lowest BCUT2D eigenvalue weighted by atomic mass is 10.2. The number of rotatable bonds is 7. The van der Waals surface area contributed by atoms with Gasteiger partial charge in [0.1, 0.15) is 16.7 Å². The quantitative estimate of drug-likeness (QED) is 0.301. The van der Waals surface area contributed by atoms with E-state index in [4.69, 9.17) is 31.3 Å². The Morgan fingerprint density at radius 3 is 2.47 bits per heavy atom. The first-order chi connectivity index (χ1) is 16.5. The number of benzene rings is 2. The normalized spacial score (nSPS) is 11.8. The maximum absolute atomic E-state index is 13.9. The highest BCUT2D eigenvalue weighted by Gasteiger charge is 2.23. The lowest BCUT2D eigenvalue weighted by Gasteiger charge is -2.13. The van der Waals surface area contributed by atoms with E-state index in [0.717, 1.165) is 34.5 Å². The van der Waals surface area contributed by atoms with E-state index in [1.807, 2.05) is 67.8 Å². The molecule has 0 aliphatic rings. The summed E-state index contributed by atoms with van der Waals surface area (Å²) in [5.41, 5.74) is 4.84. The highest BCUT2D eigenvalue weighted by Crippen LogP contribution is 2.30. The predicted molar refractivity (Wildman–Crippen MR) is 136 cm³/mol. The fourth-order valence-corrected chi connectivity index (χ4v) is 4.48. The summed E-state index contributed by atoms with van der Waals surface area (Å²) in [4.78, 5) is 28.6. The SMILES string of the molecule is CCOCCCn1c(CC)nc2c(c1=O)c1nc3ccccc3nc1n2-c1ccc(C)c(Cl)c1. The third kappa shape index (κ3) is 3.75. The fourth-order valence-electron chi connectivity index (χ4n) is 4.30. The number of nitrogens with zero attached hydrogens (tertiary/aromatic N) is 5. The van der Waals surface area contributed by atoms with Crippen LogP contribution in [0.3, 0.4) is 0 Å². The largest absolute Gasteiger partial charge is 0.382 e. The lowest BCUT2D eigenvalue weighted by Crippen LogP contribution is -2.26. The van der Waals surface area contributed by atoms with E-state index >= 15 is 0 Å². The molecule has 0 spiro atoms. The highest BCUT2D eigenvalue weighted by molar-refractivity contribution is 6.31. The number of ether oxygens (including phenoxy) is 1. The van der Waals surface area contributed by atoms with Crippen molar-refractivity contribution in [3.8, 4) is 5.69 Å². The van der Waals surface area contributed by atoms with Crippen LogP contribution in [0.25, 0.3) is 38.9 Å². The molecule has 0 saturated heterocycles. The van der Waals surface area contributed by atoms with Gasteiger partial charge in [-0.3, -0.25) is 13.9 Å². The second-order valence-corrected chi connectivity index (χ2v) is 8.65. The Hall–Kier alpha value is -3.29. The van der Waals surface area contributed by atoms with Crippen LogP contribution in [-0.4, -0.2) is 37.3 Å². The molecule has 0 saturated carbocycles. The minimum absolute atomic E-state index is 0.107. The number of hydrogen-bond acceptors (Lipinski definition) is 5. The number of para-hydroxylation sites is 2. The first-order valence-corrected chi connectivity index (χ1v) is 12.0. The third-order valence-electron chi connectivity index (χ3n) is 6.05. The van der Waals surface area contributed by atoms with E-state index in [9.17, 15) is 4.79 Å². The molecular formula is C26H26ClN5O2. The summed E-state index contributed by atoms with van der Waals surface area (Å²) in [6, 6.07) is 13.5. The van der Waals surface area contributed by atoms with Crippen molar-refractivity contribution in [1.29, 1.82) is 0 Å². The first kappa shape index (κ1) is 22.5. The molecule has 5 rings (SSSR count). The van der Waals surface area contributed by atoms with Crippen molar-refractivity contribution < 1.29 is 4.74 Å². The van der Waals surface area contributed by atoms with Crippen molar-refractivity contribution in [2.75, 3.05) is 13.2 Å². The van der Waals surface area contributed by atoms with Crippen LogP contribution in [0.4, 0.5) is 0 Å². The van der Waals surface area contributed by atoms with Gasteiger partial charge in [-0.25, -0.2) is 15.0 Å². The summed E-state index contributed by atoms with van der Waals surface area (Å²) in [6.45, 7) is 7.72. The molecule has 0 radical (unpaired) electrons. The first-order valence-electron chi connectivity index (χ1n) is 11.6. The van der Waals surface area contributed by atoms with E-state index in [1.165, 1.54) is 0 Å². The van der Waals surface area contributed by atoms with E-state index in [-0.39, 0.29) is 5.56 Å². The van der Waals surface area contributed by atoms with Crippen LogP contribution in [0, 0.1) is 6.92 Å². The zero-order valence-corrected chi connectivity index (χ0v) is 20.3. The van der Waals surface area contributed by atoms with Crippen molar-refractivity contribution in [3.63, 3.8) is 0 Å². The van der Waals surface area contributed by atoms with Gasteiger partial charge in [0, 0.05) is 31.2 Å². The van der Waals surface area contributed by atoms with Crippen LogP contribution in [0.1, 0.15) is 31.7 Å². The average Bonchev–Trinajstić information content (AvgIpc) is 3.16. The lowest BCUT2D eigenvalue weighted by molar-refractivity contribution is 0.141. The number of hydrogen-bond donors (Lipinski definition) is 0. The van der Waals surface area contributed by atoms with Gasteiger partial charge in [-0.05, 0) is 50.1 Å². The van der Waals surface area contributed by atoms with Gasteiger partial charge in [0.2, 0.25) is 0 Å². The Morgan fingerprint density at radius 2 is 1.76 bits per heavy atom. The number of aromatic nitrogens is 5. The van der Waals surface area contributed by atoms with Crippen molar-refractivity contribution in [3.05, 3.63) is 69.2 Å². The van der Waals surface area contributed by atoms with Crippen molar-refractivity contribution in [2.24, 2.45) is 0 Å². The van der Waals surface area contributed by atoms with Gasteiger partial charge in [-0.1, -0.05) is 36.7 Å². The smallest absolute Gasteiger partial charge is 0.265 e. The minimum Gasteiger partial charge on any atom is -0.382 e. The van der Waals surface area contributed by atoms with E-state index < -0.39 is 0 Å². The average molecular weight is 476 g/mol. The van der Waals surface area contributed by atoms with Crippen molar-refractivity contribution >= 4 is 44.8 Å². The van der Waals surface area contributed by atoms with Crippen molar-refractivity contribution in [2.45, 2.75) is 40.2 Å². The Labute approximate surface area is 202 Å². The summed E-state index contributed by atoms with van der Waals surface area (Å²) in [5.74, 6) is 0.723. The molecule has 0 bridgehead atoms. The molecule has 8 heteroatoms. The van der Waals surface area contributed by atoms with Crippen LogP contribution in [0.15, 0.2) is 47.3 Å². The van der Waals surface area contributed by atoms with Crippen molar-refractivity contribution in [1.82, 2.24) is 24.1 Å². The summed E-state index contributed by atoms with van der Waals surface area (Å²) in [5, 5.41) is 1.11. The molecule has 0 amide bonds. The van der Waals surface area contributed by atoms with E-state index in [1.54, 1.807) is 4.57 Å². The molecule has 5 aromatic rings. The molecule has 0 atom stereocenters. The van der Waals surface area contributed by atoms with Gasteiger partial charge in [0.25, 0.3) is 5.56 Å². The van der Waals surface area contributed by atoms with Crippen LogP contribution >= 0.6 is 11.6 Å². The minimum atomic E-state index is -0.107. The molecule has 0 aliphatic heterocycles. The van der Waals surface area contributed by atoms with Gasteiger partial charge in [0.15, 0.2) is 11.3 Å². The monoisotopic (exact) mass is 475 g/mol. The maximum Gasteiger partial charge on any atom is 0.265 e. The topological polar surface area (TPSA) is 74.8 Å². The Balaban J connectivity index is 1.86. The molecule has 3 aromatic heterocycles. The van der Waals surface area contributed by atoms with E-state index in [0.29, 0.717) is 53.4 Å². The van der Waals surface area contributed by atoms with Crippen LogP contribution in [0.5, 0.6) is 0 Å². The molecule has 174 valence electrons. The van der Waals surface area contributed by atoms with Gasteiger partial charge >= 0.3 is 0 Å². The Morgan fingerprint density at radius 1 is 1.00 bits per heavy atom. The maximum atomic E-state index is 13.9. The Kier molecular flexibility index (Phi) is 6.06. The predicted octanol–water partition coefficient (Wildman–Crippen LogP) is 5.23. The third-order valence-corrected chi connectivity index (χ3v) is 6.45. The summed E-state index contributed by atoms with van der Waals surface area (Å²) < 4.78 is 9.14. The van der Waals surface area contributed by atoms with Crippen LogP contribution < -0.4 is 5.56 Å². The fraction of sp³-hybridized carbons (Fsp3) is 0.308. The molecular weight excluding hydrogens is 450 g/mol. The summed E-state index contributed by atoms with van der Waals surface area (Å²) in [7, 11) is 0. The molecule has 0 N–H and O–H groups in total. The van der Waals surface area contributed by atoms with Crippen LogP contribution in [0.2, 0.25) is 5.02 Å². The van der Waals surface area contributed by atoms with Gasteiger partial charge in [0.05, 0.1) is 16.7 Å². The summed E-state index contributed by atoms with van der Waals surface area (Å²) in [6.07, 6.45) is 1.35. The number of aryl methyl sites for hydroxylation is 2. The van der Waals surface area contributed by atoms with Crippen LogP contribution in [-0.2, 0) is 17.7 Å². The molecule has 3 heterocycles. The highest BCUT2D eigenvalue weighted by atomic mass is 35.5. The number of fused-ring (bicyclic) bond motifs is 4. The zero-order chi connectivity index (χ0) is 23.8. The van der Waals surface area contributed by atoms with Gasteiger partial charge < -0.3 is 4.74 Å². The zero-order valence-electron chi connectivity index (χ0n) is 19.5. The molecule has 7 nitrogen and oxygen atoms in total. The number of halogens is 1. The van der Waals surface area contributed by atoms with E-state index in [2.05, 4.69) is 0 Å². The Bertz CT molecular complexity index is 1590. The summed E-state index contributed by atoms with van der Waals surface area (Å²) >= 11 is 6.48.